The molecule has 1 amide bonds. The zero-order chi connectivity index (χ0) is 22.8. The van der Waals surface area contributed by atoms with Gasteiger partial charge in [-0.25, -0.2) is 0 Å². The molecule has 1 fully saturated rings. The summed E-state index contributed by atoms with van der Waals surface area (Å²) in [5.41, 5.74) is 1.79. The standard InChI is InChI=1S/C26H24N4O3/c1-33-21-13-11-19(12-14-21)28-15-17-29(18-16-28)26(32)24-22-9-5-6-10-23(22)25(31)30(27-24)20-7-3-2-4-8-20/h2-14H,15-18H2,1H3. The average molecular weight is 441 g/mol. The number of methoxy groups -OCH3 is 1. The first-order valence-electron chi connectivity index (χ1n) is 10.9. The summed E-state index contributed by atoms with van der Waals surface area (Å²) in [6.45, 7) is 2.58. The Bertz CT molecular complexity index is 1340. The second-order valence-electron chi connectivity index (χ2n) is 7.92. The fraction of sp³-hybridized carbons (Fsp3) is 0.192. The molecule has 1 aliphatic heterocycles. The van der Waals surface area contributed by atoms with E-state index in [0.717, 1.165) is 11.4 Å². The maximum Gasteiger partial charge on any atom is 0.279 e. The molecule has 0 bridgehead atoms. The molecule has 0 unspecified atom stereocenters. The second-order valence-corrected chi connectivity index (χ2v) is 7.92. The van der Waals surface area contributed by atoms with Crippen molar-refractivity contribution in [2.24, 2.45) is 0 Å². The predicted octanol–water partition coefficient (Wildman–Crippen LogP) is 3.36. The van der Waals surface area contributed by atoms with E-state index in [1.54, 1.807) is 25.3 Å². The van der Waals surface area contributed by atoms with Crippen LogP contribution in [0, 0.1) is 0 Å². The van der Waals surface area contributed by atoms with Crippen molar-refractivity contribution in [3.05, 3.63) is 94.9 Å². The van der Waals surface area contributed by atoms with Gasteiger partial charge in [-0.15, -0.1) is 0 Å². The number of carbonyl (C=O) groups excluding carboxylic acids is 1. The van der Waals surface area contributed by atoms with Crippen LogP contribution in [0.5, 0.6) is 5.75 Å². The third-order valence-electron chi connectivity index (χ3n) is 6.01. The molecule has 2 heterocycles. The van der Waals surface area contributed by atoms with E-state index in [4.69, 9.17) is 4.74 Å². The molecule has 0 atom stereocenters. The minimum atomic E-state index is -0.238. The highest BCUT2D eigenvalue weighted by Crippen LogP contribution is 2.22. The molecule has 4 aromatic rings. The van der Waals surface area contributed by atoms with Crippen LogP contribution >= 0.6 is 0 Å². The summed E-state index contributed by atoms with van der Waals surface area (Å²) in [6, 6.07) is 24.3. The molecule has 7 nitrogen and oxygen atoms in total. The molecule has 166 valence electrons. The van der Waals surface area contributed by atoms with Crippen LogP contribution in [0.25, 0.3) is 16.5 Å². The van der Waals surface area contributed by atoms with Crippen molar-refractivity contribution in [1.82, 2.24) is 14.7 Å². The smallest absolute Gasteiger partial charge is 0.279 e. The van der Waals surface area contributed by atoms with Crippen LogP contribution in [0.4, 0.5) is 5.69 Å². The Labute approximate surface area is 191 Å². The molecule has 0 radical (unpaired) electrons. The molecule has 3 aromatic carbocycles. The van der Waals surface area contributed by atoms with Gasteiger partial charge in [-0.1, -0.05) is 36.4 Å². The largest absolute Gasteiger partial charge is 0.497 e. The highest BCUT2D eigenvalue weighted by molar-refractivity contribution is 6.05. The SMILES string of the molecule is COc1ccc(N2CCN(C(=O)c3nn(-c4ccccc4)c(=O)c4ccccc34)CC2)cc1. The van der Waals surface area contributed by atoms with Gasteiger partial charge in [-0.3, -0.25) is 9.59 Å². The van der Waals surface area contributed by atoms with Crippen LogP contribution in [0.15, 0.2) is 83.7 Å². The van der Waals surface area contributed by atoms with Gasteiger partial charge in [-0.2, -0.15) is 9.78 Å². The van der Waals surface area contributed by atoms with E-state index in [1.165, 1.54) is 4.68 Å². The maximum atomic E-state index is 13.5. The van der Waals surface area contributed by atoms with E-state index >= 15 is 0 Å². The minimum Gasteiger partial charge on any atom is -0.497 e. The van der Waals surface area contributed by atoms with Gasteiger partial charge in [0.25, 0.3) is 11.5 Å². The third kappa shape index (κ3) is 3.93. The van der Waals surface area contributed by atoms with Crippen molar-refractivity contribution in [2.75, 3.05) is 38.2 Å². The van der Waals surface area contributed by atoms with E-state index in [-0.39, 0.29) is 11.5 Å². The van der Waals surface area contributed by atoms with Gasteiger partial charge in [0.15, 0.2) is 5.69 Å². The van der Waals surface area contributed by atoms with Crippen molar-refractivity contribution in [2.45, 2.75) is 0 Å². The molecule has 1 aromatic heterocycles. The first kappa shape index (κ1) is 20.8. The lowest BCUT2D eigenvalue weighted by atomic mass is 10.1. The molecular formula is C26H24N4O3. The van der Waals surface area contributed by atoms with Gasteiger partial charge in [0.05, 0.1) is 18.2 Å². The van der Waals surface area contributed by atoms with Gasteiger partial charge < -0.3 is 14.5 Å². The number of hydrogen-bond acceptors (Lipinski definition) is 5. The molecular weight excluding hydrogens is 416 g/mol. The molecule has 0 N–H and O–H groups in total. The van der Waals surface area contributed by atoms with Crippen LogP contribution in [-0.4, -0.2) is 53.9 Å². The van der Waals surface area contributed by atoms with Crippen LogP contribution in [0.1, 0.15) is 10.5 Å². The Kier molecular flexibility index (Phi) is 5.52. The number of carbonyl (C=O) groups is 1. The van der Waals surface area contributed by atoms with Crippen LogP contribution < -0.4 is 15.2 Å². The highest BCUT2D eigenvalue weighted by atomic mass is 16.5. The second kappa shape index (κ2) is 8.78. The molecule has 33 heavy (non-hydrogen) atoms. The first-order chi connectivity index (χ1) is 16.2. The Hall–Kier alpha value is -4.13. The molecule has 0 saturated carbocycles. The number of aromatic nitrogens is 2. The lowest BCUT2D eigenvalue weighted by Gasteiger charge is -2.36. The van der Waals surface area contributed by atoms with Crippen molar-refractivity contribution in [3.8, 4) is 11.4 Å². The van der Waals surface area contributed by atoms with Gasteiger partial charge in [0, 0.05) is 37.3 Å². The van der Waals surface area contributed by atoms with Crippen LogP contribution in [0.3, 0.4) is 0 Å². The molecule has 0 aliphatic carbocycles. The molecule has 5 rings (SSSR count). The topological polar surface area (TPSA) is 67.7 Å². The lowest BCUT2D eigenvalue weighted by molar-refractivity contribution is 0.0741. The molecule has 1 saturated heterocycles. The zero-order valence-electron chi connectivity index (χ0n) is 18.3. The third-order valence-corrected chi connectivity index (χ3v) is 6.01. The molecule has 7 heteroatoms. The number of amides is 1. The van der Waals surface area contributed by atoms with Crippen molar-refractivity contribution >= 4 is 22.4 Å². The summed E-state index contributed by atoms with van der Waals surface area (Å²) in [5, 5.41) is 5.59. The fourth-order valence-corrected chi connectivity index (χ4v) is 4.20. The number of rotatable bonds is 4. The monoisotopic (exact) mass is 440 g/mol. The summed E-state index contributed by atoms with van der Waals surface area (Å²) in [5.74, 6) is 0.657. The number of benzene rings is 3. The quantitative estimate of drug-likeness (QED) is 0.487. The Balaban J connectivity index is 1.44. The lowest BCUT2D eigenvalue weighted by Crippen LogP contribution is -2.49. The summed E-state index contributed by atoms with van der Waals surface area (Å²) < 4.78 is 6.56. The Morgan fingerprint density at radius 2 is 1.42 bits per heavy atom. The number of anilines is 1. The average Bonchev–Trinajstić information content (AvgIpc) is 2.89. The summed E-state index contributed by atoms with van der Waals surface area (Å²) in [6.07, 6.45) is 0. The maximum absolute atomic E-state index is 13.5. The van der Waals surface area contributed by atoms with Gasteiger partial charge in [0.2, 0.25) is 0 Å². The normalized spacial score (nSPS) is 13.8. The molecule has 0 spiro atoms. The summed E-state index contributed by atoms with van der Waals surface area (Å²) in [7, 11) is 1.65. The Morgan fingerprint density at radius 3 is 2.09 bits per heavy atom. The molecule has 1 aliphatic rings. The van der Waals surface area contributed by atoms with E-state index in [1.807, 2.05) is 65.6 Å². The van der Waals surface area contributed by atoms with E-state index < -0.39 is 0 Å². The predicted molar refractivity (Wildman–Crippen MR) is 128 cm³/mol. The van der Waals surface area contributed by atoms with Crippen LogP contribution in [-0.2, 0) is 0 Å². The summed E-state index contributed by atoms with van der Waals surface area (Å²) in [4.78, 5) is 30.7. The number of nitrogens with zero attached hydrogens (tertiary/aromatic N) is 4. The Morgan fingerprint density at radius 1 is 0.788 bits per heavy atom. The zero-order valence-corrected chi connectivity index (χ0v) is 18.3. The van der Waals surface area contributed by atoms with Crippen molar-refractivity contribution in [1.29, 1.82) is 0 Å². The number of ether oxygens (including phenoxy) is 1. The van der Waals surface area contributed by atoms with Gasteiger partial charge >= 0.3 is 0 Å². The van der Waals surface area contributed by atoms with Crippen molar-refractivity contribution < 1.29 is 9.53 Å². The van der Waals surface area contributed by atoms with E-state index in [2.05, 4.69) is 10.00 Å². The summed E-state index contributed by atoms with van der Waals surface area (Å²) >= 11 is 0. The number of piperazine rings is 1. The fourth-order valence-electron chi connectivity index (χ4n) is 4.20. The van der Waals surface area contributed by atoms with Crippen LogP contribution in [0.2, 0.25) is 0 Å². The van der Waals surface area contributed by atoms with E-state index in [0.29, 0.717) is 48.3 Å². The highest BCUT2D eigenvalue weighted by Gasteiger charge is 2.26. The number of hydrogen-bond donors (Lipinski definition) is 0. The number of fused-ring (bicyclic) bond motifs is 1. The van der Waals surface area contributed by atoms with Gasteiger partial charge in [0.1, 0.15) is 5.75 Å². The minimum absolute atomic E-state index is 0.162. The first-order valence-corrected chi connectivity index (χ1v) is 10.9. The van der Waals surface area contributed by atoms with E-state index in [9.17, 15) is 9.59 Å². The van der Waals surface area contributed by atoms with Gasteiger partial charge in [-0.05, 0) is 42.5 Å². The number of para-hydroxylation sites is 1. The van der Waals surface area contributed by atoms with Crippen molar-refractivity contribution in [3.63, 3.8) is 0 Å².